The average molecular weight is 701 g/mol. The second-order valence-corrected chi connectivity index (χ2v) is 15.3. The van der Waals surface area contributed by atoms with Crippen LogP contribution < -0.4 is 10.6 Å². The number of nitrogens with zero attached hydrogens (tertiary/aromatic N) is 4. The molecule has 2 aliphatic rings. The molecule has 0 aliphatic carbocycles. The molecule has 10 nitrogen and oxygen atoms in total. The quantitative estimate of drug-likeness (QED) is 0.206. The van der Waals surface area contributed by atoms with Crippen LogP contribution in [0.1, 0.15) is 65.6 Å². The van der Waals surface area contributed by atoms with Crippen LogP contribution in [0.3, 0.4) is 0 Å². The van der Waals surface area contributed by atoms with Gasteiger partial charge in [0, 0.05) is 35.5 Å². The van der Waals surface area contributed by atoms with Gasteiger partial charge in [-0.3, -0.25) is 10.2 Å². The van der Waals surface area contributed by atoms with Crippen LogP contribution in [0.4, 0.5) is 27.8 Å². The number of carbonyl (C=O) groups excluding carboxylic acids is 2. The lowest BCUT2D eigenvalue weighted by molar-refractivity contribution is -0.0123. The van der Waals surface area contributed by atoms with Gasteiger partial charge in [-0.1, -0.05) is 17.7 Å². The molecule has 0 spiro atoms. The molecule has 2 aliphatic heterocycles. The zero-order valence-electron chi connectivity index (χ0n) is 27.0. The first kappa shape index (κ1) is 33.7. The van der Waals surface area contributed by atoms with E-state index in [-0.39, 0.29) is 60.5 Å². The normalized spacial score (nSPS) is 19.4. The van der Waals surface area contributed by atoms with Crippen LogP contribution in [0.5, 0.6) is 0 Å². The van der Waals surface area contributed by atoms with E-state index in [9.17, 15) is 14.9 Å². The van der Waals surface area contributed by atoms with Crippen LogP contribution in [0.2, 0.25) is 5.02 Å². The first-order valence-corrected chi connectivity index (χ1v) is 16.4. The van der Waals surface area contributed by atoms with Crippen LogP contribution >= 0.6 is 22.9 Å². The zero-order chi connectivity index (χ0) is 34.9. The minimum atomic E-state index is -1.22. The first-order valence-electron chi connectivity index (χ1n) is 15.2. The van der Waals surface area contributed by atoms with Crippen molar-refractivity contribution < 1.29 is 32.2 Å². The molecule has 252 valence electrons. The molecule has 0 radical (unpaired) electrons. The Morgan fingerprint density at radius 1 is 1.15 bits per heavy atom. The van der Waals surface area contributed by atoms with Crippen LogP contribution in [0.15, 0.2) is 18.2 Å². The fourth-order valence-electron chi connectivity index (χ4n) is 6.51. The van der Waals surface area contributed by atoms with Gasteiger partial charge in [-0.25, -0.2) is 23.4 Å². The smallest absolute Gasteiger partial charge is 0.412 e. The number of hydrogen-bond acceptors (Lipinski definition) is 9. The van der Waals surface area contributed by atoms with Crippen LogP contribution in [0.25, 0.3) is 32.1 Å². The van der Waals surface area contributed by atoms with Crippen molar-refractivity contribution in [1.82, 2.24) is 20.2 Å². The topological polar surface area (TPSA) is 129 Å². The van der Waals surface area contributed by atoms with E-state index < -0.39 is 52.2 Å². The summed E-state index contributed by atoms with van der Waals surface area (Å²) in [6, 6.07) is 5.43. The number of carbonyl (C=O) groups is 2. The number of rotatable bonds is 3. The van der Waals surface area contributed by atoms with Gasteiger partial charge in [-0.05, 0) is 72.1 Å². The van der Waals surface area contributed by atoms with E-state index in [0.717, 1.165) is 17.4 Å². The highest BCUT2D eigenvalue weighted by atomic mass is 35.5. The summed E-state index contributed by atoms with van der Waals surface area (Å²) in [6.07, 6.45) is -1.74. The highest BCUT2D eigenvalue weighted by molar-refractivity contribution is 7.23. The number of anilines is 1. The molecule has 4 aromatic rings. The zero-order valence-corrected chi connectivity index (χ0v) is 28.6. The van der Waals surface area contributed by atoms with Gasteiger partial charge in [0.25, 0.3) is 0 Å². The predicted octanol–water partition coefficient (Wildman–Crippen LogP) is 8.00. The number of nitriles is 1. The van der Waals surface area contributed by atoms with Crippen molar-refractivity contribution in [1.29, 1.82) is 5.26 Å². The summed E-state index contributed by atoms with van der Waals surface area (Å²) in [5, 5.41) is 15.8. The van der Waals surface area contributed by atoms with Crippen molar-refractivity contribution in [3.63, 3.8) is 0 Å². The van der Waals surface area contributed by atoms with Crippen LogP contribution in [-0.2, 0) is 15.0 Å². The van der Waals surface area contributed by atoms with E-state index in [2.05, 4.69) is 20.6 Å². The van der Waals surface area contributed by atoms with Crippen molar-refractivity contribution in [3.8, 4) is 17.2 Å². The third-order valence-corrected chi connectivity index (χ3v) is 9.60. The molecular formula is C33H32ClF3N6O4S. The number of hydrogen-bond donors (Lipinski definition) is 2. The number of nitrogens with one attached hydrogen (secondary N) is 2. The Bertz CT molecular complexity index is 2050. The molecule has 6 rings (SSSR count). The molecule has 2 fully saturated rings. The van der Waals surface area contributed by atoms with Gasteiger partial charge < -0.3 is 14.8 Å². The van der Waals surface area contributed by atoms with Crippen molar-refractivity contribution in [2.24, 2.45) is 0 Å². The maximum atomic E-state index is 16.8. The average Bonchev–Trinajstić information content (AvgIpc) is 3.44. The van der Waals surface area contributed by atoms with Crippen molar-refractivity contribution in [3.05, 3.63) is 52.2 Å². The molecule has 2 aromatic carbocycles. The number of piperazine rings is 1. The summed E-state index contributed by atoms with van der Waals surface area (Å²) in [5.74, 6) is -1.76. The first-order chi connectivity index (χ1) is 22.4. The number of thiophene rings is 1. The summed E-state index contributed by atoms with van der Waals surface area (Å²) in [4.78, 5) is 35.6. The van der Waals surface area contributed by atoms with E-state index in [4.69, 9.17) is 21.1 Å². The molecule has 2 saturated heterocycles. The third kappa shape index (κ3) is 5.77. The number of amides is 2. The van der Waals surface area contributed by atoms with E-state index in [1.807, 2.05) is 6.07 Å². The number of benzene rings is 2. The molecule has 2 atom stereocenters. The van der Waals surface area contributed by atoms with Gasteiger partial charge in [0.1, 0.15) is 39.1 Å². The van der Waals surface area contributed by atoms with E-state index in [0.29, 0.717) is 19.4 Å². The fourth-order valence-corrected chi connectivity index (χ4v) is 7.87. The predicted molar refractivity (Wildman–Crippen MR) is 175 cm³/mol. The van der Waals surface area contributed by atoms with Crippen LogP contribution in [-0.4, -0.2) is 57.4 Å². The minimum Gasteiger partial charge on any atom is -0.444 e. The Kier molecular flexibility index (Phi) is 8.25. The Hall–Kier alpha value is -4.19. The lowest BCUT2D eigenvalue weighted by Crippen LogP contribution is -2.61. The maximum Gasteiger partial charge on any atom is 0.412 e. The Morgan fingerprint density at radius 2 is 1.85 bits per heavy atom. The Labute approximate surface area is 283 Å². The van der Waals surface area contributed by atoms with E-state index in [1.54, 1.807) is 46.4 Å². The highest BCUT2D eigenvalue weighted by Crippen LogP contribution is 2.49. The molecule has 15 heteroatoms. The lowest BCUT2D eigenvalue weighted by Gasteiger charge is -2.45. The minimum absolute atomic E-state index is 0.00623. The summed E-state index contributed by atoms with van der Waals surface area (Å²) >= 11 is 7.58. The second-order valence-electron chi connectivity index (χ2n) is 13.8. The largest absolute Gasteiger partial charge is 0.444 e. The van der Waals surface area contributed by atoms with Crippen LogP contribution in [0, 0.1) is 29.0 Å². The Balaban J connectivity index is 1.54. The molecule has 0 saturated carbocycles. The molecule has 2 unspecified atom stereocenters. The maximum absolute atomic E-state index is 16.8. The molecular weight excluding hydrogens is 669 g/mol. The van der Waals surface area contributed by atoms with Gasteiger partial charge in [-0.2, -0.15) is 14.6 Å². The monoisotopic (exact) mass is 700 g/mol. The van der Waals surface area contributed by atoms with E-state index >= 15 is 13.2 Å². The second kappa shape index (κ2) is 11.7. The summed E-state index contributed by atoms with van der Waals surface area (Å²) in [7, 11) is 0. The third-order valence-electron chi connectivity index (χ3n) is 8.19. The van der Waals surface area contributed by atoms with Crippen molar-refractivity contribution in [2.75, 3.05) is 18.4 Å². The molecule has 2 amide bonds. The molecule has 48 heavy (non-hydrogen) atoms. The van der Waals surface area contributed by atoms with Gasteiger partial charge in [0.05, 0.1) is 21.0 Å². The fraction of sp³-hybridized carbons (Fsp3) is 0.424. The lowest BCUT2D eigenvalue weighted by atomic mass is 9.87. The SMILES string of the molecule is CC(C)(C)OC(=O)Nc1sc2c(F)ccc(-c3c(Cl)cc4c(C56CCC(CNC5)N6C(=O)OC(C)(C)C)nc(F)nc4c3F)c2c1C#N. The van der Waals surface area contributed by atoms with Gasteiger partial charge >= 0.3 is 18.3 Å². The van der Waals surface area contributed by atoms with Gasteiger partial charge in [-0.15, -0.1) is 11.3 Å². The molecule has 4 heterocycles. The number of halogens is 4. The highest BCUT2D eigenvalue weighted by Gasteiger charge is 2.55. The number of aromatic nitrogens is 2. The molecule has 2 aromatic heterocycles. The number of ether oxygens (including phenoxy) is 2. The Morgan fingerprint density at radius 3 is 2.52 bits per heavy atom. The molecule has 2 N–H and O–H groups in total. The number of fused-ring (bicyclic) bond motifs is 4. The standard InChI is InChI=1S/C33H32ClF3N6O4S/c1-31(2,3)46-29(44)42-27-18(12-38)21-16(7-8-20(35)25(21)48-27)22-19(34)11-17-24(23(22)36)40-28(37)41-26(17)33-10-9-15(13-39-14-33)43(33)30(45)47-32(4,5)6/h7-8,11,15,39H,9-10,13-14H2,1-6H3,(H,42,44). The van der Waals surface area contributed by atoms with Gasteiger partial charge in [0.2, 0.25) is 0 Å². The summed E-state index contributed by atoms with van der Waals surface area (Å²) in [6.45, 7) is 10.9. The summed E-state index contributed by atoms with van der Waals surface area (Å²) < 4.78 is 58.3. The van der Waals surface area contributed by atoms with Crippen molar-refractivity contribution >= 4 is 61.1 Å². The summed E-state index contributed by atoms with van der Waals surface area (Å²) in [5.41, 5.74) is -3.58. The van der Waals surface area contributed by atoms with Crippen molar-refractivity contribution in [2.45, 2.75) is 77.2 Å². The van der Waals surface area contributed by atoms with E-state index in [1.165, 1.54) is 12.1 Å². The molecule has 2 bridgehead atoms. The van der Waals surface area contributed by atoms with Gasteiger partial charge in [0.15, 0.2) is 5.82 Å².